The Bertz CT molecular complexity index is 744. The summed E-state index contributed by atoms with van der Waals surface area (Å²) in [5.74, 6) is -0.553. The third kappa shape index (κ3) is 4.62. The number of amides is 2. The zero-order chi connectivity index (χ0) is 17.9. The van der Waals surface area contributed by atoms with E-state index in [0.717, 1.165) is 0 Å². The Morgan fingerprint density at radius 1 is 1.04 bits per heavy atom. The maximum absolute atomic E-state index is 12.3. The summed E-state index contributed by atoms with van der Waals surface area (Å²) in [6, 6.07) is 4.08. The number of piperazine rings is 1. The summed E-state index contributed by atoms with van der Waals surface area (Å²) in [7, 11) is -3.61. The molecule has 0 saturated carbocycles. The number of hydrogen-bond donors (Lipinski definition) is 0. The molecule has 0 aliphatic carbocycles. The van der Waals surface area contributed by atoms with Crippen LogP contribution in [0.3, 0.4) is 0 Å². The molecule has 0 N–H and O–H groups in total. The van der Waals surface area contributed by atoms with Crippen LogP contribution >= 0.6 is 23.2 Å². The lowest BCUT2D eigenvalue weighted by molar-refractivity contribution is -0.138. The number of rotatable bonds is 4. The van der Waals surface area contributed by atoms with E-state index in [1.54, 1.807) is 9.80 Å². The standard InChI is InChI=1S/C15H18Cl2N2O4S/c1-11(20)18-5-7-19(8-6-18)15(21)4-9-24(22,23)12-2-3-13(16)14(17)10-12/h2-3,10H,4-9H2,1H3. The van der Waals surface area contributed by atoms with E-state index < -0.39 is 9.84 Å². The zero-order valence-corrected chi connectivity index (χ0v) is 15.5. The van der Waals surface area contributed by atoms with Gasteiger partial charge in [0.05, 0.1) is 20.7 Å². The van der Waals surface area contributed by atoms with E-state index in [1.165, 1.54) is 25.1 Å². The van der Waals surface area contributed by atoms with Gasteiger partial charge in [-0.3, -0.25) is 9.59 Å². The van der Waals surface area contributed by atoms with Gasteiger partial charge in [0, 0.05) is 39.5 Å². The van der Waals surface area contributed by atoms with Crippen molar-refractivity contribution < 1.29 is 18.0 Å². The van der Waals surface area contributed by atoms with Gasteiger partial charge in [0.1, 0.15) is 0 Å². The van der Waals surface area contributed by atoms with Crippen molar-refractivity contribution in [2.45, 2.75) is 18.2 Å². The summed E-state index contributed by atoms with van der Waals surface area (Å²) < 4.78 is 24.6. The fourth-order valence-electron chi connectivity index (χ4n) is 2.44. The molecule has 1 saturated heterocycles. The normalized spacial score (nSPS) is 15.5. The molecule has 132 valence electrons. The van der Waals surface area contributed by atoms with Crippen molar-refractivity contribution in [1.82, 2.24) is 9.80 Å². The second-order valence-corrected chi connectivity index (χ2v) is 8.46. The Morgan fingerprint density at radius 3 is 2.17 bits per heavy atom. The van der Waals surface area contributed by atoms with E-state index in [1.807, 2.05) is 0 Å². The second kappa shape index (κ2) is 7.72. The molecule has 0 radical (unpaired) electrons. The molecule has 2 rings (SSSR count). The van der Waals surface area contributed by atoms with E-state index in [2.05, 4.69) is 0 Å². The van der Waals surface area contributed by atoms with E-state index in [9.17, 15) is 18.0 Å². The molecule has 6 nitrogen and oxygen atoms in total. The highest BCUT2D eigenvalue weighted by molar-refractivity contribution is 7.91. The van der Waals surface area contributed by atoms with Gasteiger partial charge in [-0.1, -0.05) is 23.2 Å². The quantitative estimate of drug-likeness (QED) is 0.783. The number of hydrogen-bond acceptors (Lipinski definition) is 4. The molecule has 1 heterocycles. The van der Waals surface area contributed by atoms with E-state index in [-0.39, 0.29) is 38.9 Å². The number of benzene rings is 1. The van der Waals surface area contributed by atoms with Gasteiger partial charge < -0.3 is 9.80 Å². The molecular weight excluding hydrogens is 375 g/mol. The van der Waals surface area contributed by atoms with Gasteiger partial charge in [-0.05, 0) is 18.2 Å². The molecular formula is C15H18Cl2N2O4S. The van der Waals surface area contributed by atoms with Crippen molar-refractivity contribution in [3.05, 3.63) is 28.2 Å². The van der Waals surface area contributed by atoms with E-state index >= 15 is 0 Å². The number of carbonyl (C=O) groups is 2. The van der Waals surface area contributed by atoms with Crippen molar-refractivity contribution in [2.24, 2.45) is 0 Å². The van der Waals surface area contributed by atoms with Gasteiger partial charge >= 0.3 is 0 Å². The van der Waals surface area contributed by atoms with Crippen LogP contribution in [0.2, 0.25) is 10.0 Å². The van der Waals surface area contributed by atoms with Gasteiger partial charge in [0.15, 0.2) is 9.84 Å². The molecule has 0 aromatic heterocycles. The molecule has 9 heteroatoms. The molecule has 24 heavy (non-hydrogen) atoms. The first-order chi connectivity index (χ1) is 11.2. The summed E-state index contributed by atoms with van der Waals surface area (Å²) in [5.41, 5.74) is 0. The first-order valence-corrected chi connectivity index (χ1v) is 9.82. The predicted octanol–water partition coefficient (Wildman–Crippen LogP) is 1.85. The third-order valence-corrected chi connectivity index (χ3v) is 6.37. The van der Waals surface area contributed by atoms with Crippen LogP contribution in [0.25, 0.3) is 0 Å². The highest BCUT2D eigenvalue weighted by atomic mass is 35.5. The van der Waals surface area contributed by atoms with E-state index in [0.29, 0.717) is 26.2 Å². The first-order valence-electron chi connectivity index (χ1n) is 7.42. The maximum atomic E-state index is 12.3. The van der Waals surface area contributed by atoms with Gasteiger partial charge in [-0.2, -0.15) is 0 Å². The largest absolute Gasteiger partial charge is 0.339 e. The minimum atomic E-state index is -3.61. The average Bonchev–Trinajstić information content (AvgIpc) is 2.55. The highest BCUT2D eigenvalue weighted by Crippen LogP contribution is 2.25. The van der Waals surface area contributed by atoms with Crippen LogP contribution in [0.4, 0.5) is 0 Å². The maximum Gasteiger partial charge on any atom is 0.223 e. The van der Waals surface area contributed by atoms with Gasteiger partial charge in [-0.15, -0.1) is 0 Å². The summed E-state index contributed by atoms with van der Waals surface area (Å²) in [4.78, 5) is 26.7. The van der Waals surface area contributed by atoms with Crippen LogP contribution in [0.1, 0.15) is 13.3 Å². The number of halogens is 2. The fourth-order valence-corrected chi connectivity index (χ4v) is 4.05. The summed E-state index contributed by atoms with van der Waals surface area (Å²) in [6.07, 6.45) is -0.108. The Hall–Kier alpha value is -1.31. The van der Waals surface area contributed by atoms with Crippen LogP contribution in [-0.4, -0.2) is 62.0 Å². The summed E-state index contributed by atoms with van der Waals surface area (Å²) in [5, 5.41) is 0.430. The molecule has 0 bridgehead atoms. The van der Waals surface area contributed by atoms with Crippen molar-refractivity contribution in [1.29, 1.82) is 0 Å². The first kappa shape index (κ1) is 19.0. The van der Waals surface area contributed by atoms with Crippen molar-refractivity contribution in [2.75, 3.05) is 31.9 Å². The van der Waals surface area contributed by atoms with Gasteiger partial charge in [0.2, 0.25) is 11.8 Å². The van der Waals surface area contributed by atoms with Crippen molar-refractivity contribution in [3.63, 3.8) is 0 Å². The highest BCUT2D eigenvalue weighted by Gasteiger charge is 2.24. The lowest BCUT2D eigenvalue weighted by Gasteiger charge is -2.34. The third-order valence-electron chi connectivity index (χ3n) is 3.91. The molecule has 1 aromatic carbocycles. The Morgan fingerprint density at radius 2 is 1.62 bits per heavy atom. The van der Waals surface area contributed by atoms with Gasteiger partial charge in [-0.25, -0.2) is 8.42 Å². The topological polar surface area (TPSA) is 74.8 Å². The Balaban J connectivity index is 1.93. The smallest absolute Gasteiger partial charge is 0.223 e. The Kier molecular flexibility index (Phi) is 6.11. The average molecular weight is 393 g/mol. The van der Waals surface area contributed by atoms with Crippen LogP contribution in [-0.2, 0) is 19.4 Å². The zero-order valence-electron chi connectivity index (χ0n) is 13.2. The monoisotopic (exact) mass is 392 g/mol. The number of nitrogens with zero attached hydrogens (tertiary/aromatic N) is 2. The lowest BCUT2D eigenvalue weighted by Crippen LogP contribution is -2.50. The van der Waals surface area contributed by atoms with Crippen LogP contribution in [0.15, 0.2) is 23.1 Å². The van der Waals surface area contributed by atoms with Crippen LogP contribution in [0.5, 0.6) is 0 Å². The number of carbonyl (C=O) groups excluding carboxylic acids is 2. The molecule has 1 aliphatic heterocycles. The number of sulfone groups is 1. The van der Waals surface area contributed by atoms with Crippen LogP contribution < -0.4 is 0 Å². The predicted molar refractivity (Wildman–Crippen MR) is 92.0 cm³/mol. The lowest BCUT2D eigenvalue weighted by atomic mass is 10.3. The molecule has 0 atom stereocenters. The molecule has 1 fully saturated rings. The van der Waals surface area contributed by atoms with Crippen LogP contribution in [0, 0.1) is 0 Å². The molecule has 2 amide bonds. The second-order valence-electron chi connectivity index (χ2n) is 5.53. The molecule has 1 aromatic rings. The van der Waals surface area contributed by atoms with E-state index in [4.69, 9.17) is 23.2 Å². The molecule has 0 spiro atoms. The van der Waals surface area contributed by atoms with Gasteiger partial charge in [0.25, 0.3) is 0 Å². The molecule has 0 unspecified atom stereocenters. The summed E-state index contributed by atoms with van der Waals surface area (Å²) in [6.45, 7) is 3.28. The molecule has 1 aliphatic rings. The minimum absolute atomic E-state index is 0.0238. The van der Waals surface area contributed by atoms with Crippen molar-refractivity contribution in [3.8, 4) is 0 Å². The SMILES string of the molecule is CC(=O)N1CCN(C(=O)CCS(=O)(=O)c2ccc(Cl)c(Cl)c2)CC1. The fraction of sp³-hybridized carbons (Fsp3) is 0.467. The Labute approximate surface area is 151 Å². The van der Waals surface area contributed by atoms with Crippen molar-refractivity contribution >= 4 is 44.9 Å². The summed E-state index contributed by atoms with van der Waals surface area (Å²) >= 11 is 11.6. The minimum Gasteiger partial charge on any atom is -0.339 e.